The molecule has 2 nitrogen and oxygen atoms in total. The summed E-state index contributed by atoms with van der Waals surface area (Å²) in [5.41, 5.74) is 0. The molecule has 0 N–H and O–H groups in total. The lowest BCUT2D eigenvalue weighted by Gasteiger charge is -2.42. The number of ether oxygens (including phenoxy) is 1. The number of esters is 1. The van der Waals surface area contributed by atoms with Gasteiger partial charge in [-0.3, -0.25) is 4.79 Å². The molecule has 1 aliphatic rings. The minimum Gasteiger partial charge on any atom is -0.469 e. The molecule has 28 heavy (non-hydrogen) atoms. The summed E-state index contributed by atoms with van der Waals surface area (Å²) in [6, 6.07) is 15.5. The third kappa shape index (κ3) is 6.47. The molecule has 0 radical (unpaired) electrons. The zero-order valence-corrected chi connectivity index (χ0v) is 19.6. The van der Waals surface area contributed by atoms with Gasteiger partial charge in [-0.25, -0.2) is 0 Å². The van der Waals surface area contributed by atoms with Gasteiger partial charge in [-0.2, -0.15) is 0 Å². The fourth-order valence-electron chi connectivity index (χ4n) is 5.08. The van der Waals surface area contributed by atoms with Gasteiger partial charge in [-0.1, -0.05) is 113 Å². The van der Waals surface area contributed by atoms with E-state index in [0.29, 0.717) is 5.92 Å². The first kappa shape index (κ1) is 23.2. The number of carbonyl (C=O) groups is 1. The van der Waals surface area contributed by atoms with Crippen LogP contribution in [0.15, 0.2) is 30.3 Å². The van der Waals surface area contributed by atoms with Crippen molar-refractivity contribution in [2.24, 2.45) is 11.8 Å². The Hall–Kier alpha value is -1.09. The van der Waals surface area contributed by atoms with Crippen LogP contribution in [0, 0.1) is 11.8 Å². The lowest BCUT2D eigenvalue weighted by Crippen LogP contribution is -2.51. The van der Waals surface area contributed by atoms with Crippen molar-refractivity contribution in [3.8, 4) is 0 Å². The summed E-state index contributed by atoms with van der Waals surface area (Å²) in [5, 5.41) is 1.64. The number of hydrogen-bond donors (Lipinski definition) is 0. The largest absolute Gasteiger partial charge is 0.469 e. The summed E-state index contributed by atoms with van der Waals surface area (Å²) in [6.45, 7) is 4.59. The van der Waals surface area contributed by atoms with E-state index in [0.717, 1.165) is 6.42 Å². The number of carbonyl (C=O) groups excluding carboxylic acids is 1. The molecule has 0 saturated heterocycles. The number of methoxy groups -OCH3 is 1. The summed E-state index contributed by atoms with van der Waals surface area (Å²) in [7, 11) is -0.0619. The first-order chi connectivity index (χ1) is 13.7. The third-order valence-electron chi connectivity index (χ3n) is 6.98. The second-order valence-electron chi connectivity index (χ2n) is 8.94. The standard InChI is InChI=1S/C25H42O2Si/c1-4-6-8-13-19-28(20-14-9-7-5-2,23-15-11-10-12-16-23)21-22-17-18-24(22)25(26)27-3/h10-12,15-16,22,24H,4-9,13-14,17-21H2,1-3H3/t22-,24+/m1/s1. The van der Waals surface area contributed by atoms with Crippen molar-refractivity contribution in [2.75, 3.05) is 7.11 Å². The molecule has 0 spiro atoms. The maximum Gasteiger partial charge on any atom is 0.308 e. The fraction of sp³-hybridized carbons (Fsp3) is 0.720. The van der Waals surface area contributed by atoms with E-state index in [-0.39, 0.29) is 11.9 Å². The van der Waals surface area contributed by atoms with Gasteiger partial charge in [-0.05, 0) is 24.8 Å². The first-order valence-corrected chi connectivity index (χ1v) is 14.4. The summed E-state index contributed by atoms with van der Waals surface area (Å²) in [6.07, 6.45) is 13.0. The highest BCUT2D eigenvalue weighted by Crippen LogP contribution is 2.43. The molecule has 1 aromatic rings. The van der Waals surface area contributed by atoms with E-state index >= 15 is 0 Å². The second-order valence-corrected chi connectivity index (χ2v) is 13.5. The summed E-state index contributed by atoms with van der Waals surface area (Å²) < 4.78 is 5.11. The third-order valence-corrected chi connectivity index (χ3v) is 12.5. The van der Waals surface area contributed by atoms with E-state index in [2.05, 4.69) is 44.2 Å². The molecule has 1 fully saturated rings. The maximum atomic E-state index is 12.2. The molecular formula is C25H42O2Si. The van der Waals surface area contributed by atoms with Crippen LogP contribution in [-0.4, -0.2) is 21.2 Å². The van der Waals surface area contributed by atoms with Crippen LogP contribution in [0.2, 0.25) is 18.1 Å². The van der Waals surface area contributed by atoms with E-state index in [1.165, 1.54) is 75.9 Å². The fourth-order valence-corrected chi connectivity index (χ4v) is 10.8. The van der Waals surface area contributed by atoms with E-state index in [1.54, 1.807) is 12.3 Å². The van der Waals surface area contributed by atoms with Crippen LogP contribution >= 0.6 is 0 Å². The molecule has 158 valence electrons. The van der Waals surface area contributed by atoms with Crippen LogP contribution in [0.4, 0.5) is 0 Å². The molecule has 0 amide bonds. The average Bonchev–Trinajstić information content (AvgIpc) is 2.71. The number of rotatable bonds is 14. The normalized spacial score (nSPS) is 19.2. The topological polar surface area (TPSA) is 26.3 Å². The molecule has 0 unspecified atom stereocenters. The highest BCUT2D eigenvalue weighted by atomic mass is 28.3. The molecule has 0 aromatic heterocycles. The van der Waals surface area contributed by atoms with Gasteiger partial charge < -0.3 is 4.74 Å². The van der Waals surface area contributed by atoms with Gasteiger partial charge >= 0.3 is 5.97 Å². The van der Waals surface area contributed by atoms with Crippen molar-refractivity contribution >= 4 is 19.2 Å². The lowest BCUT2D eigenvalue weighted by molar-refractivity contribution is -0.151. The number of hydrogen-bond acceptors (Lipinski definition) is 2. The molecule has 2 rings (SSSR count). The average molecular weight is 403 g/mol. The van der Waals surface area contributed by atoms with Crippen molar-refractivity contribution < 1.29 is 9.53 Å². The van der Waals surface area contributed by atoms with Crippen molar-refractivity contribution in [1.82, 2.24) is 0 Å². The minimum absolute atomic E-state index is 0.0316. The van der Waals surface area contributed by atoms with E-state index in [9.17, 15) is 4.79 Å². The molecular weight excluding hydrogens is 360 g/mol. The highest BCUT2D eigenvalue weighted by Gasteiger charge is 2.44. The van der Waals surface area contributed by atoms with E-state index in [4.69, 9.17) is 4.74 Å². The van der Waals surface area contributed by atoms with Crippen LogP contribution in [0.5, 0.6) is 0 Å². The monoisotopic (exact) mass is 402 g/mol. The Bertz CT molecular complexity index is 545. The Morgan fingerprint density at radius 1 is 0.929 bits per heavy atom. The summed E-state index contributed by atoms with van der Waals surface area (Å²) >= 11 is 0. The lowest BCUT2D eigenvalue weighted by atomic mass is 9.75. The van der Waals surface area contributed by atoms with E-state index < -0.39 is 8.07 Å². The first-order valence-electron chi connectivity index (χ1n) is 11.8. The van der Waals surface area contributed by atoms with Crippen LogP contribution in [0.1, 0.15) is 78.1 Å². The SMILES string of the molecule is CCCCCC[Si](CCCCCC)(C[C@H]1CC[C@@H]1C(=O)OC)c1ccccc1. The zero-order valence-electron chi connectivity index (χ0n) is 18.6. The van der Waals surface area contributed by atoms with Gasteiger partial charge in [0.05, 0.1) is 21.1 Å². The zero-order chi connectivity index (χ0) is 20.2. The summed E-state index contributed by atoms with van der Waals surface area (Å²) in [4.78, 5) is 12.2. The van der Waals surface area contributed by atoms with Crippen LogP contribution in [0.25, 0.3) is 0 Å². The van der Waals surface area contributed by atoms with Gasteiger partial charge in [0.1, 0.15) is 0 Å². The highest BCUT2D eigenvalue weighted by molar-refractivity contribution is 6.92. The van der Waals surface area contributed by atoms with Crippen molar-refractivity contribution in [3.05, 3.63) is 30.3 Å². The predicted octanol–water partition coefficient (Wildman–Crippen LogP) is 6.70. The Balaban J connectivity index is 2.19. The van der Waals surface area contributed by atoms with Gasteiger partial charge in [0, 0.05) is 0 Å². The molecule has 0 bridgehead atoms. The molecule has 1 saturated carbocycles. The van der Waals surface area contributed by atoms with E-state index in [1.807, 2.05) is 0 Å². The number of unbranched alkanes of at least 4 members (excludes halogenated alkanes) is 6. The Kier molecular flexibility index (Phi) is 10.3. The smallest absolute Gasteiger partial charge is 0.308 e. The minimum atomic E-state index is -1.61. The van der Waals surface area contributed by atoms with Gasteiger partial charge in [0.25, 0.3) is 0 Å². The maximum absolute atomic E-state index is 12.2. The van der Waals surface area contributed by atoms with Crippen molar-refractivity contribution in [1.29, 1.82) is 0 Å². The summed E-state index contributed by atoms with van der Waals surface area (Å²) in [5.74, 6) is 0.743. The molecule has 0 aliphatic heterocycles. The number of benzene rings is 1. The van der Waals surface area contributed by atoms with Gasteiger partial charge in [-0.15, -0.1) is 0 Å². The molecule has 1 aromatic carbocycles. The molecule has 0 heterocycles. The van der Waals surface area contributed by atoms with Crippen LogP contribution in [-0.2, 0) is 9.53 Å². The molecule has 2 atom stereocenters. The Labute approximate surface area is 174 Å². The van der Waals surface area contributed by atoms with Gasteiger partial charge in [0.15, 0.2) is 0 Å². The quantitative estimate of drug-likeness (QED) is 0.196. The van der Waals surface area contributed by atoms with Crippen LogP contribution < -0.4 is 5.19 Å². The van der Waals surface area contributed by atoms with Crippen molar-refractivity contribution in [2.45, 2.75) is 96.2 Å². The second kappa shape index (κ2) is 12.5. The molecule has 1 aliphatic carbocycles. The predicted molar refractivity (Wildman–Crippen MR) is 123 cm³/mol. The molecule has 3 heteroatoms. The van der Waals surface area contributed by atoms with Crippen LogP contribution in [0.3, 0.4) is 0 Å². The van der Waals surface area contributed by atoms with Gasteiger partial charge in [0.2, 0.25) is 0 Å². The Morgan fingerprint density at radius 2 is 1.54 bits per heavy atom. The van der Waals surface area contributed by atoms with Crippen molar-refractivity contribution in [3.63, 3.8) is 0 Å². The Morgan fingerprint density at radius 3 is 2.00 bits per heavy atom.